The first-order valence-corrected chi connectivity index (χ1v) is 10.8. The fourth-order valence-corrected chi connectivity index (χ4v) is 4.72. The van der Waals surface area contributed by atoms with Crippen molar-refractivity contribution in [3.63, 3.8) is 0 Å². The zero-order valence-corrected chi connectivity index (χ0v) is 17.8. The number of likely N-dealkylation sites (tertiary alicyclic amines) is 1. The predicted octanol–water partition coefficient (Wildman–Crippen LogP) is 4.81. The summed E-state index contributed by atoms with van der Waals surface area (Å²) in [5.41, 5.74) is 3.95. The lowest BCUT2D eigenvalue weighted by Crippen LogP contribution is -2.50. The van der Waals surface area contributed by atoms with E-state index < -0.39 is 0 Å². The molecule has 156 valence electrons. The normalized spacial score (nSPS) is 20.6. The SMILES string of the molecule is CC1(C)C(Cc2ccccc2)C(N2CCCC2)=CC=[N+]1Cc1ccc([N+](=O)[O-])cc1. The molecule has 0 aromatic heterocycles. The minimum absolute atomic E-state index is 0.0791. The Balaban J connectivity index is 1.64. The van der Waals surface area contributed by atoms with E-state index in [1.54, 1.807) is 12.1 Å². The molecule has 0 amide bonds. The van der Waals surface area contributed by atoms with Gasteiger partial charge in [-0.05, 0) is 37.0 Å². The standard InChI is InChI=1S/C25H30N3O2/c1-25(2)23(18-20-8-4-3-5-9-20)24(26-15-6-7-16-26)14-17-27(25)19-21-10-12-22(13-11-21)28(29)30/h3-5,8-14,17,23H,6-7,15-16,18-19H2,1-2H3/q+1. The molecule has 5 heteroatoms. The van der Waals surface area contributed by atoms with E-state index in [0.717, 1.165) is 31.6 Å². The Kier molecular flexibility index (Phi) is 5.71. The van der Waals surface area contributed by atoms with Crippen LogP contribution in [0.4, 0.5) is 5.69 Å². The summed E-state index contributed by atoms with van der Waals surface area (Å²) in [5.74, 6) is 0.376. The van der Waals surface area contributed by atoms with Crippen LogP contribution < -0.4 is 0 Å². The van der Waals surface area contributed by atoms with Gasteiger partial charge in [0, 0.05) is 56.4 Å². The Morgan fingerprint density at radius 2 is 1.70 bits per heavy atom. The molecule has 0 saturated carbocycles. The van der Waals surface area contributed by atoms with Crippen LogP contribution in [0.2, 0.25) is 0 Å². The number of hydrogen-bond acceptors (Lipinski definition) is 3. The van der Waals surface area contributed by atoms with Gasteiger partial charge in [0.1, 0.15) is 0 Å². The largest absolute Gasteiger partial charge is 0.374 e. The van der Waals surface area contributed by atoms with Crippen LogP contribution in [0.3, 0.4) is 0 Å². The van der Waals surface area contributed by atoms with Gasteiger partial charge in [0.2, 0.25) is 0 Å². The van der Waals surface area contributed by atoms with Crippen LogP contribution in [0.25, 0.3) is 0 Å². The summed E-state index contributed by atoms with van der Waals surface area (Å²) in [6, 6.07) is 17.7. The minimum Gasteiger partial charge on any atom is -0.374 e. The van der Waals surface area contributed by atoms with Crippen LogP contribution in [-0.2, 0) is 13.0 Å². The smallest absolute Gasteiger partial charge is 0.269 e. The fourth-order valence-electron chi connectivity index (χ4n) is 4.72. The average molecular weight is 405 g/mol. The van der Waals surface area contributed by atoms with Crippen LogP contribution >= 0.6 is 0 Å². The number of nitro benzene ring substituents is 1. The molecular formula is C25H30N3O2+. The van der Waals surface area contributed by atoms with Gasteiger partial charge < -0.3 is 4.90 Å². The fraction of sp³-hybridized carbons (Fsp3) is 0.400. The number of allylic oxidation sites excluding steroid dienone is 1. The third kappa shape index (κ3) is 4.16. The average Bonchev–Trinajstić information content (AvgIpc) is 3.27. The van der Waals surface area contributed by atoms with Gasteiger partial charge >= 0.3 is 0 Å². The van der Waals surface area contributed by atoms with E-state index in [1.165, 1.54) is 24.1 Å². The summed E-state index contributed by atoms with van der Waals surface area (Å²) >= 11 is 0. The number of non-ortho nitro benzene ring substituents is 1. The molecule has 2 aliphatic heterocycles. The zero-order valence-electron chi connectivity index (χ0n) is 17.8. The summed E-state index contributed by atoms with van der Waals surface area (Å²) in [7, 11) is 0. The topological polar surface area (TPSA) is 49.4 Å². The lowest BCUT2D eigenvalue weighted by Gasteiger charge is -2.39. The third-order valence-corrected chi connectivity index (χ3v) is 6.63. The molecule has 1 saturated heterocycles. The van der Waals surface area contributed by atoms with Crippen molar-refractivity contribution >= 4 is 11.9 Å². The van der Waals surface area contributed by atoms with Crippen molar-refractivity contribution in [1.29, 1.82) is 0 Å². The Hall–Kier alpha value is -2.95. The summed E-state index contributed by atoms with van der Waals surface area (Å²) in [6.07, 6.45) is 8.05. The Bertz CT molecular complexity index is 956. The first-order chi connectivity index (χ1) is 14.4. The van der Waals surface area contributed by atoms with Crippen molar-refractivity contribution in [2.24, 2.45) is 5.92 Å². The van der Waals surface area contributed by atoms with Crippen molar-refractivity contribution < 1.29 is 9.50 Å². The number of nitro groups is 1. The number of nitrogens with zero attached hydrogens (tertiary/aromatic N) is 3. The van der Waals surface area contributed by atoms with Crippen molar-refractivity contribution in [1.82, 2.24) is 4.90 Å². The molecule has 2 heterocycles. The Morgan fingerprint density at radius 1 is 1.03 bits per heavy atom. The van der Waals surface area contributed by atoms with E-state index in [4.69, 9.17) is 0 Å². The van der Waals surface area contributed by atoms with Crippen molar-refractivity contribution in [2.45, 2.75) is 45.2 Å². The molecule has 2 aromatic rings. The monoisotopic (exact) mass is 404 g/mol. The van der Waals surface area contributed by atoms with Crippen molar-refractivity contribution in [2.75, 3.05) is 13.1 Å². The van der Waals surface area contributed by atoms with E-state index in [9.17, 15) is 10.1 Å². The van der Waals surface area contributed by atoms with Crippen LogP contribution in [-0.4, -0.2) is 39.2 Å². The summed E-state index contributed by atoms with van der Waals surface area (Å²) in [6.45, 7) is 7.67. The summed E-state index contributed by atoms with van der Waals surface area (Å²) in [4.78, 5) is 13.2. The lowest BCUT2D eigenvalue weighted by atomic mass is 9.77. The first kappa shape index (κ1) is 20.3. The molecule has 1 unspecified atom stereocenters. The van der Waals surface area contributed by atoms with Gasteiger partial charge in [0.15, 0.2) is 18.3 Å². The van der Waals surface area contributed by atoms with Gasteiger partial charge in [-0.1, -0.05) is 30.3 Å². The van der Waals surface area contributed by atoms with Gasteiger partial charge in [-0.3, -0.25) is 10.1 Å². The maximum Gasteiger partial charge on any atom is 0.269 e. The second kappa shape index (κ2) is 8.42. The molecule has 1 atom stereocenters. The van der Waals surface area contributed by atoms with Gasteiger partial charge in [-0.15, -0.1) is 0 Å². The van der Waals surface area contributed by atoms with Crippen LogP contribution in [0, 0.1) is 16.0 Å². The highest BCUT2D eigenvalue weighted by atomic mass is 16.6. The maximum absolute atomic E-state index is 11.0. The number of hydrogen-bond donors (Lipinski definition) is 0. The van der Waals surface area contributed by atoms with Crippen molar-refractivity contribution in [3.05, 3.63) is 87.6 Å². The predicted molar refractivity (Wildman–Crippen MR) is 120 cm³/mol. The Morgan fingerprint density at radius 3 is 2.33 bits per heavy atom. The minimum atomic E-state index is -0.346. The highest BCUT2D eigenvalue weighted by molar-refractivity contribution is 5.69. The molecular weight excluding hydrogens is 374 g/mol. The quantitative estimate of drug-likeness (QED) is 0.394. The molecule has 1 fully saturated rings. The Labute approximate surface area is 178 Å². The lowest BCUT2D eigenvalue weighted by molar-refractivity contribution is -0.621. The molecule has 0 radical (unpaired) electrons. The summed E-state index contributed by atoms with van der Waals surface area (Å²) < 4.78 is 2.39. The molecule has 5 nitrogen and oxygen atoms in total. The second-order valence-electron chi connectivity index (χ2n) is 8.88. The van der Waals surface area contributed by atoms with E-state index in [-0.39, 0.29) is 16.1 Å². The first-order valence-electron chi connectivity index (χ1n) is 10.8. The molecule has 0 N–H and O–H groups in total. The van der Waals surface area contributed by atoms with E-state index in [1.807, 2.05) is 12.1 Å². The third-order valence-electron chi connectivity index (χ3n) is 6.63. The van der Waals surface area contributed by atoms with Crippen LogP contribution in [0.1, 0.15) is 37.8 Å². The number of rotatable bonds is 6. The molecule has 0 bridgehead atoms. The molecule has 30 heavy (non-hydrogen) atoms. The number of benzene rings is 2. The van der Waals surface area contributed by atoms with E-state index >= 15 is 0 Å². The van der Waals surface area contributed by atoms with Crippen molar-refractivity contribution in [3.8, 4) is 0 Å². The molecule has 0 spiro atoms. The maximum atomic E-state index is 11.0. The molecule has 2 aliphatic rings. The highest BCUT2D eigenvalue weighted by Crippen LogP contribution is 2.37. The van der Waals surface area contributed by atoms with Crippen LogP contribution in [0.15, 0.2) is 66.4 Å². The van der Waals surface area contributed by atoms with Gasteiger partial charge in [-0.2, -0.15) is 0 Å². The molecule has 0 aliphatic carbocycles. The molecule has 4 rings (SSSR count). The van der Waals surface area contributed by atoms with Crippen LogP contribution in [0.5, 0.6) is 0 Å². The van der Waals surface area contributed by atoms with Gasteiger partial charge in [-0.25, -0.2) is 4.58 Å². The molecule has 2 aromatic carbocycles. The van der Waals surface area contributed by atoms with E-state index in [0.29, 0.717) is 5.92 Å². The highest BCUT2D eigenvalue weighted by Gasteiger charge is 2.45. The summed E-state index contributed by atoms with van der Waals surface area (Å²) in [5, 5.41) is 11.0. The van der Waals surface area contributed by atoms with Gasteiger partial charge in [0.25, 0.3) is 5.69 Å². The second-order valence-corrected chi connectivity index (χ2v) is 8.88. The van der Waals surface area contributed by atoms with Gasteiger partial charge in [0.05, 0.1) is 10.8 Å². The zero-order chi connectivity index (χ0) is 21.1. The van der Waals surface area contributed by atoms with E-state index in [2.05, 4.69) is 65.9 Å².